The van der Waals surface area contributed by atoms with Crippen LogP contribution in [0.15, 0.2) is 340 Å². The lowest BCUT2D eigenvalue weighted by Crippen LogP contribution is -2.61. The summed E-state index contributed by atoms with van der Waals surface area (Å²) in [5, 5.41) is 2.18. The maximum Gasteiger partial charge on any atom is 0.252 e. The Hall–Kier alpha value is -12.4. The predicted molar refractivity (Wildman–Crippen MR) is 458 cm³/mol. The summed E-state index contributed by atoms with van der Waals surface area (Å²) in [7, 11) is 0. The summed E-state index contributed by atoms with van der Waals surface area (Å²) in [5.41, 5.74) is 27.2. The molecule has 107 heavy (non-hydrogen) atoms. The van der Waals surface area contributed by atoms with Gasteiger partial charge in [0, 0.05) is 72.5 Å². The average Bonchev–Trinajstić information content (AvgIpc) is 1.29. The summed E-state index contributed by atoms with van der Waals surface area (Å²) in [4.78, 5) is 5.03. The Kier molecular flexibility index (Phi) is 13.4. The van der Waals surface area contributed by atoms with E-state index in [-0.39, 0.29) is 50.1 Å². The van der Waals surface area contributed by atoms with Crippen LogP contribution in [0.25, 0.3) is 122 Å². The first-order chi connectivity index (χ1) is 55.3. The van der Waals surface area contributed by atoms with E-state index >= 15 is 0 Å². The molecule has 0 unspecified atom stereocenters. The lowest BCUT2D eigenvalue weighted by Gasteiger charge is -2.45. The smallest absolute Gasteiger partial charge is 0.252 e. The molecule has 19 rings (SSSR count). The zero-order valence-electron chi connectivity index (χ0n) is 69.6. The van der Waals surface area contributed by atoms with Crippen LogP contribution in [0.3, 0.4) is 0 Å². The minimum atomic E-state index is -0.519. The second-order valence-corrected chi connectivity index (χ2v) is 31.9. The molecule has 0 saturated carbocycles. The van der Waals surface area contributed by atoms with E-state index < -0.39 is 43.0 Å². The Bertz CT molecular complexity index is 6650. The quantitative estimate of drug-likeness (QED) is 0.127. The Morgan fingerprint density at radius 2 is 0.720 bits per heavy atom. The molecule has 15 aromatic carbocycles. The summed E-state index contributed by atoms with van der Waals surface area (Å²) in [6.07, 6.45) is 0. The van der Waals surface area contributed by atoms with Crippen molar-refractivity contribution in [3.8, 4) is 78.1 Å². The van der Waals surface area contributed by atoms with Crippen molar-refractivity contribution in [1.82, 2.24) is 9.13 Å². The van der Waals surface area contributed by atoms with Gasteiger partial charge in [0.25, 0.3) is 6.71 Å². The molecule has 0 fully saturated rings. The number of rotatable bonds is 10. The Morgan fingerprint density at radius 1 is 0.271 bits per heavy atom. The van der Waals surface area contributed by atoms with Gasteiger partial charge in [0.05, 0.1) is 38.7 Å². The molecule has 17 aromatic rings. The van der Waals surface area contributed by atoms with Gasteiger partial charge in [0.15, 0.2) is 0 Å². The van der Waals surface area contributed by atoms with Gasteiger partial charge in [-0.25, -0.2) is 0 Å². The van der Waals surface area contributed by atoms with Crippen LogP contribution >= 0.6 is 0 Å². The third-order valence-corrected chi connectivity index (χ3v) is 22.1. The molecule has 0 bridgehead atoms. The highest BCUT2D eigenvalue weighted by Crippen LogP contribution is 2.55. The standard InChI is InChI=1S/C102H83BN4/c1-100(2,3)75-55-73(56-76(62-75)101(4,5)6)70-50-52-87-93(59-70)106(80-57-71(66-32-15-10-16-33-66)54-72(58-80)67-34-17-11-18-35-67)95-60-74(81-45-31-49-92-97(81)84-44-27-30-48-91(84)104(92)78-40-23-14-24-41-78)61-96-98(95)103(87)88-53-51-79(105-89-46-28-25-42-82(89)83-43-26-29-47-90(83)105)65-94(88)107(96)99-85(68-36-19-12-20-37-68)63-77(102(7,8)9)64-86(99)69-38-21-13-22-39-69/h10-65H,1-9H3/i25D,26D,28D,29D,42D,43D,46D,47D. The second kappa shape index (κ2) is 25.1. The fourth-order valence-corrected chi connectivity index (χ4v) is 16.7. The lowest BCUT2D eigenvalue weighted by atomic mass is 9.33. The van der Waals surface area contributed by atoms with Crippen LogP contribution in [-0.4, -0.2) is 15.8 Å². The van der Waals surface area contributed by atoms with Crippen LogP contribution in [0.2, 0.25) is 0 Å². The van der Waals surface area contributed by atoms with Crippen molar-refractivity contribution in [2.45, 2.75) is 78.6 Å². The third-order valence-electron chi connectivity index (χ3n) is 22.1. The van der Waals surface area contributed by atoms with Gasteiger partial charge in [-0.05, 0) is 202 Å². The van der Waals surface area contributed by atoms with Crippen molar-refractivity contribution in [2.75, 3.05) is 9.80 Å². The van der Waals surface area contributed by atoms with Crippen molar-refractivity contribution in [2.24, 2.45) is 0 Å². The zero-order valence-corrected chi connectivity index (χ0v) is 61.6. The number of anilines is 6. The van der Waals surface area contributed by atoms with Crippen LogP contribution in [0.5, 0.6) is 0 Å². The number of benzene rings is 15. The van der Waals surface area contributed by atoms with Gasteiger partial charge in [-0.3, -0.25) is 0 Å². The molecule has 2 aromatic heterocycles. The Balaban J connectivity index is 1.03. The molecule has 4 heterocycles. The predicted octanol–water partition coefficient (Wildman–Crippen LogP) is 25.9. The van der Waals surface area contributed by atoms with Gasteiger partial charge in [-0.15, -0.1) is 0 Å². The van der Waals surface area contributed by atoms with Crippen LogP contribution in [-0.2, 0) is 16.2 Å². The summed E-state index contributed by atoms with van der Waals surface area (Å²) in [6, 6.07) is 102. The maximum absolute atomic E-state index is 9.94. The lowest BCUT2D eigenvalue weighted by molar-refractivity contribution is 0.569. The van der Waals surface area contributed by atoms with E-state index in [1.54, 1.807) is 4.57 Å². The van der Waals surface area contributed by atoms with E-state index in [0.29, 0.717) is 5.69 Å². The first-order valence-corrected chi connectivity index (χ1v) is 37.2. The van der Waals surface area contributed by atoms with Crippen LogP contribution in [0.4, 0.5) is 34.1 Å². The molecule has 4 nitrogen and oxygen atoms in total. The van der Waals surface area contributed by atoms with Crippen molar-refractivity contribution in [3.63, 3.8) is 0 Å². The molecule has 0 spiro atoms. The molecule has 2 aliphatic rings. The molecule has 5 heteroatoms. The fourth-order valence-electron chi connectivity index (χ4n) is 16.7. The fraction of sp³-hybridized carbons (Fsp3) is 0.118. The Labute approximate surface area is 640 Å². The summed E-state index contributed by atoms with van der Waals surface area (Å²) in [5.74, 6) is 0. The molecule has 0 aliphatic carbocycles. The van der Waals surface area contributed by atoms with E-state index in [1.807, 2.05) is 6.07 Å². The van der Waals surface area contributed by atoms with Gasteiger partial charge in [-0.2, -0.15) is 0 Å². The van der Waals surface area contributed by atoms with Gasteiger partial charge in [-0.1, -0.05) is 305 Å². The SMILES string of the molecule is [2H]c1c([2H])c([2H])c2c(c1[2H])c1c([2H])c([2H])c([2H])c([2H])c1n2-c1ccc2c(c1)N(c1c(-c3ccccc3)cc(C(C)(C)C)cc1-c1ccccc1)c1cc(-c3cccc4c3c3ccccc3n4-c3ccccc3)cc3c1B2c1ccc(-c2cc(C(C)(C)C)cc(C(C)(C)C)c2)cc1N3c1cc(-c2ccccc2)cc(-c2ccccc2)c1. The topological polar surface area (TPSA) is 16.3 Å². The van der Waals surface area contributed by atoms with Gasteiger partial charge < -0.3 is 18.9 Å². The molecular formula is C102H83BN4. The summed E-state index contributed by atoms with van der Waals surface area (Å²) in [6.45, 7) is 20.0. The summed E-state index contributed by atoms with van der Waals surface area (Å²) >= 11 is 0. The molecule has 2 aliphatic heterocycles. The molecular weight excluding hydrogens is 1290 g/mol. The number of hydrogen-bond acceptors (Lipinski definition) is 2. The molecule has 0 saturated heterocycles. The number of nitrogens with zero attached hydrogens (tertiary/aromatic N) is 4. The van der Waals surface area contributed by atoms with E-state index in [0.717, 1.165) is 150 Å². The van der Waals surface area contributed by atoms with Crippen molar-refractivity contribution in [1.29, 1.82) is 0 Å². The zero-order chi connectivity index (χ0) is 79.6. The highest BCUT2D eigenvalue weighted by Gasteiger charge is 2.46. The first-order valence-electron chi connectivity index (χ1n) is 41.2. The van der Waals surface area contributed by atoms with E-state index in [4.69, 9.17) is 2.74 Å². The van der Waals surface area contributed by atoms with Gasteiger partial charge in [0.1, 0.15) is 0 Å². The van der Waals surface area contributed by atoms with Crippen LogP contribution in [0, 0.1) is 0 Å². The Morgan fingerprint density at radius 3 is 1.28 bits per heavy atom. The van der Waals surface area contributed by atoms with Crippen molar-refractivity contribution in [3.05, 3.63) is 356 Å². The van der Waals surface area contributed by atoms with E-state index in [9.17, 15) is 8.22 Å². The van der Waals surface area contributed by atoms with Crippen LogP contribution < -0.4 is 26.2 Å². The van der Waals surface area contributed by atoms with Gasteiger partial charge >= 0.3 is 0 Å². The largest absolute Gasteiger partial charge is 0.311 e. The molecule has 0 atom stereocenters. The molecule has 514 valence electrons. The highest BCUT2D eigenvalue weighted by molar-refractivity contribution is 7.00. The molecule has 0 amide bonds. The van der Waals surface area contributed by atoms with Crippen molar-refractivity contribution >= 4 is 101 Å². The number of fused-ring (bicyclic) bond motifs is 10. The van der Waals surface area contributed by atoms with E-state index in [1.165, 1.54) is 11.1 Å². The molecule has 0 radical (unpaired) electrons. The first kappa shape index (κ1) is 57.0. The highest BCUT2D eigenvalue weighted by atomic mass is 15.2. The van der Waals surface area contributed by atoms with E-state index in [2.05, 4.69) is 362 Å². The number of hydrogen-bond donors (Lipinski definition) is 0. The minimum absolute atomic E-state index is 0.00650. The monoisotopic (exact) mass is 1380 g/mol. The summed E-state index contributed by atoms with van der Waals surface area (Å²) < 4.78 is 80.3. The molecule has 0 N–H and O–H groups in total. The van der Waals surface area contributed by atoms with Gasteiger partial charge in [0.2, 0.25) is 0 Å². The average molecular weight is 1380 g/mol. The number of para-hydroxylation sites is 4. The maximum atomic E-state index is 9.94. The third kappa shape index (κ3) is 11.0. The second-order valence-electron chi connectivity index (χ2n) is 31.9. The number of aromatic nitrogens is 2. The normalized spacial score (nSPS) is 13.9. The van der Waals surface area contributed by atoms with Crippen molar-refractivity contribution < 1.29 is 11.0 Å². The minimum Gasteiger partial charge on any atom is -0.311 e. The van der Waals surface area contributed by atoms with Crippen LogP contribution in [0.1, 0.15) is 90.0 Å².